The molecule has 0 unspecified atom stereocenters. The molecule has 3 saturated carbocycles. The molecule has 0 radical (unpaired) electrons. The SMILES string of the molecule is C[C@@H]1C[C@H]2[C@@H]3C[C@H](F)C4=CC(=O)C=C[C@]4(C)[C@@]3(F)[C@@H](O)C[C@]2(C)[C@@]1(O)C(=O)SCCCCCCP(=O)(O)O. The maximum atomic E-state index is 17.2. The number of carbonyl (C=O) groups excluding carboxylic acids is 2. The van der Waals surface area contributed by atoms with E-state index in [1.165, 1.54) is 19.1 Å². The van der Waals surface area contributed by atoms with Crippen LogP contribution in [0.5, 0.6) is 0 Å². The van der Waals surface area contributed by atoms with E-state index in [0.29, 0.717) is 37.9 Å². The number of allylic oxidation sites excluding steroid dienone is 4. The van der Waals surface area contributed by atoms with Crippen molar-refractivity contribution in [1.82, 2.24) is 0 Å². The molecule has 0 saturated heterocycles. The van der Waals surface area contributed by atoms with Gasteiger partial charge in [0.15, 0.2) is 11.5 Å². The van der Waals surface area contributed by atoms with Crippen LogP contribution in [0.1, 0.15) is 65.7 Å². The van der Waals surface area contributed by atoms with Crippen molar-refractivity contribution in [3.63, 3.8) is 0 Å². The van der Waals surface area contributed by atoms with Crippen LogP contribution < -0.4 is 0 Å². The lowest BCUT2D eigenvalue weighted by Crippen LogP contribution is -2.70. The minimum Gasteiger partial charge on any atom is -0.390 e. The van der Waals surface area contributed by atoms with E-state index in [4.69, 9.17) is 9.79 Å². The summed E-state index contributed by atoms with van der Waals surface area (Å²) in [7, 11) is -4.01. The molecule has 11 heteroatoms. The van der Waals surface area contributed by atoms with Gasteiger partial charge in [-0.3, -0.25) is 14.2 Å². The highest BCUT2D eigenvalue weighted by molar-refractivity contribution is 8.13. The van der Waals surface area contributed by atoms with Crippen LogP contribution >= 0.6 is 19.4 Å². The summed E-state index contributed by atoms with van der Waals surface area (Å²) in [4.78, 5) is 43.4. The first kappa shape index (κ1) is 30.1. The third-order valence-corrected chi connectivity index (χ3v) is 12.1. The maximum absolute atomic E-state index is 17.2. The van der Waals surface area contributed by atoms with Crippen LogP contribution in [0.2, 0.25) is 0 Å². The van der Waals surface area contributed by atoms with Crippen LogP contribution in [0.4, 0.5) is 8.78 Å². The van der Waals surface area contributed by atoms with Gasteiger partial charge in [0.1, 0.15) is 11.8 Å². The number of hydrogen-bond acceptors (Lipinski definition) is 6. The summed E-state index contributed by atoms with van der Waals surface area (Å²) in [6.45, 7) is 4.99. The van der Waals surface area contributed by atoms with Crippen molar-refractivity contribution in [2.24, 2.45) is 28.6 Å². The number of halogens is 2. The lowest BCUT2D eigenvalue weighted by atomic mass is 9.44. The summed E-state index contributed by atoms with van der Waals surface area (Å²) in [6, 6.07) is 0. The summed E-state index contributed by atoms with van der Waals surface area (Å²) in [5, 5.41) is 22.9. The fourth-order valence-electron chi connectivity index (χ4n) is 8.02. The Labute approximate surface area is 226 Å². The Hall–Kier alpha value is -0.900. The number of alkyl halides is 2. The Morgan fingerprint density at radius 1 is 1.16 bits per heavy atom. The van der Waals surface area contributed by atoms with Crippen molar-refractivity contribution in [3.8, 4) is 0 Å². The van der Waals surface area contributed by atoms with Gasteiger partial charge in [0.05, 0.1) is 6.10 Å². The zero-order chi connectivity index (χ0) is 28.3. The summed E-state index contributed by atoms with van der Waals surface area (Å²) in [5.74, 6) is -2.02. The molecule has 0 aliphatic heterocycles. The number of carbonyl (C=O) groups is 2. The molecule has 0 aromatic carbocycles. The number of rotatable bonds is 8. The van der Waals surface area contributed by atoms with Crippen LogP contribution in [0.3, 0.4) is 0 Å². The maximum Gasteiger partial charge on any atom is 0.325 e. The second-order valence-electron chi connectivity index (χ2n) is 12.2. The Kier molecular flexibility index (Phi) is 8.05. The molecule has 214 valence electrons. The molecule has 4 aliphatic carbocycles. The third kappa shape index (κ3) is 4.51. The van der Waals surface area contributed by atoms with Crippen LogP contribution in [0.25, 0.3) is 0 Å². The van der Waals surface area contributed by atoms with E-state index in [0.717, 1.165) is 17.8 Å². The quantitative estimate of drug-likeness (QED) is 0.249. The van der Waals surface area contributed by atoms with E-state index in [1.807, 2.05) is 0 Å². The largest absolute Gasteiger partial charge is 0.390 e. The molecule has 4 N–H and O–H groups in total. The summed E-state index contributed by atoms with van der Waals surface area (Å²) < 4.78 is 43.7. The molecule has 0 aromatic rings. The lowest BCUT2D eigenvalue weighted by molar-refractivity contribution is -0.221. The van der Waals surface area contributed by atoms with Crippen molar-refractivity contribution >= 4 is 30.3 Å². The molecule has 0 bridgehead atoms. The second kappa shape index (κ2) is 10.2. The van der Waals surface area contributed by atoms with Gasteiger partial charge in [0, 0.05) is 28.7 Å². The lowest BCUT2D eigenvalue weighted by Gasteiger charge is -2.63. The summed E-state index contributed by atoms with van der Waals surface area (Å²) >= 11 is 0.992. The predicted octanol–water partition coefficient (Wildman–Crippen LogP) is 4.28. The molecule has 0 aromatic heterocycles. The van der Waals surface area contributed by atoms with Gasteiger partial charge in [0.25, 0.3) is 0 Å². The van der Waals surface area contributed by atoms with Crippen molar-refractivity contribution in [1.29, 1.82) is 0 Å². The minimum absolute atomic E-state index is 0.0418. The normalized spacial score (nSPS) is 44.3. The number of fused-ring (bicyclic) bond motifs is 5. The van der Waals surface area contributed by atoms with Gasteiger partial charge in [-0.25, -0.2) is 8.78 Å². The average Bonchev–Trinajstić information content (AvgIpc) is 3.02. The smallest absolute Gasteiger partial charge is 0.325 e. The Morgan fingerprint density at radius 3 is 2.47 bits per heavy atom. The van der Waals surface area contributed by atoms with E-state index < -0.39 is 70.6 Å². The number of unbranched alkanes of at least 4 members (excludes halogenated alkanes) is 3. The number of ketones is 1. The van der Waals surface area contributed by atoms with Gasteiger partial charge in [-0.2, -0.15) is 0 Å². The van der Waals surface area contributed by atoms with E-state index >= 15 is 8.78 Å². The van der Waals surface area contributed by atoms with Crippen molar-refractivity contribution in [2.45, 2.75) is 89.3 Å². The Bertz CT molecular complexity index is 1090. The number of hydrogen-bond donors (Lipinski definition) is 4. The molecule has 4 rings (SSSR count). The topological polar surface area (TPSA) is 132 Å². The highest BCUT2D eigenvalue weighted by Gasteiger charge is 2.76. The molecule has 0 amide bonds. The standard InChI is InChI=1S/C27H39F2O7PS/c1-16-12-18-19-14-21(28)20-13-17(30)8-9-24(20,2)26(19,29)22(31)15-25(18,3)27(16,33)23(32)38-11-7-5-4-6-10-37(34,35)36/h8-9,13,16,18-19,21-22,31,33H,4-7,10-12,14-15H2,1-3H3,(H2,34,35,36)/t16-,18+,19+,21+,22+,24+,25+,26+,27+/m1/s1. The first-order valence-electron chi connectivity index (χ1n) is 13.4. The minimum atomic E-state index is -4.01. The number of aliphatic hydroxyl groups is 2. The molecule has 0 spiro atoms. The van der Waals surface area contributed by atoms with E-state index in [2.05, 4.69) is 0 Å². The first-order valence-corrected chi connectivity index (χ1v) is 16.2. The molecule has 4 aliphatic rings. The van der Waals surface area contributed by atoms with Gasteiger partial charge >= 0.3 is 7.60 Å². The molecular formula is C27H39F2O7PS. The van der Waals surface area contributed by atoms with Crippen LogP contribution in [-0.4, -0.2) is 66.4 Å². The van der Waals surface area contributed by atoms with Gasteiger partial charge < -0.3 is 20.0 Å². The van der Waals surface area contributed by atoms with Crippen molar-refractivity contribution in [3.05, 3.63) is 23.8 Å². The highest BCUT2D eigenvalue weighted by Crippen LogP contribution is 2.71. The van der Waals surface area contributed by atoms with Crippen molar-refractivity contribution < 1.29 is 42.9 Å². The van der Waals surface area contributed by atoms with Gasteiger partial charge in [-0.1, -0.05) is 44.5 Å². The summed E-state index contributed by atoms with van der Waals surface area (Å²) in [5.41, 5.74) is -6.71. The van der Waals surface area contributed by atoms with Gasteiger partial charge in [-0.05, 0) is 68.6 Å². The predicted molar refractivity (Wildman–Crippen MR) is 141 cm³/mol. The van der Waals surface area contributed by atoms with E-state index in [9.17, 15) is 24.4 Å². The molecular weight excluding hydrogens is 537 g/mol. The zero-order valence-corrected chi connectivity index (χ0v) is 23.8. The van der Waals surface area contributed by atoms with Gasteiger partial charge in [0.2, 0.25) is 5.12 Å². The van der Waals surface area contributed by atoms with Crippen LogP contribution in [-0.2, 0) is 14.2 Å². The Morgan fingerprint density at radius 2 is 1.82 bits per heavy atom. The third-order valence-electron chi connectivity index (χ3n) is 10.1. The van der Waals surface area contributed by atoms with Crippen LogP contribution in [0.15, 0.2) is 23.8 Å². The van der Waals surface area contributed by atoms with Gasteiger partial charge in [-0.15, -0.1) is 0 Å². The molecule has 7 nitrogen and oxygen atoms in total. The second-order valence-corrected chi connectivity index (χ2v) is 15.0. The number of thioether (sulfide) groups is 1. The van der Waals surface area contributed by atoms with Crippen molar-refractivity contribution in [2.75, 3.05) is 11.9 Å². The zero-order valence-electron chi connectivity index (χ0n) is 22.1. The summed E-state index contributed by atoms with van der Waals surface area (Å²) in [6.07, 6.45) is 2.67. The fourth-order valence-corrected chi connectivity index (χ4v) is 9.85. The molecule has 9 atom stereocenters. The highest BCUT2D eigenvalue weighted by atomic mass is 32.2. The van der Waals surface area contributed by atoms with Crippen LogP contribution in [0, 0.1) is 28.6 Å². The Balaban J connectivity index is 1.52. The molecule has 38 heavy (non-hydrogen) atoms. The molecule has 0 heterocycles. The van der Waals surface area contributed by atoms with E-state index in [-0.39, 0.29) is 24.6 Å². The van der Waals surface area contributed by atoms with E-state index in [1.54, 1.807) is 13.8 Å². The first-order chi connectivity index (χ1) is 17.5. The fraction of sp³-hybridized carbons (Fsp3) is 0.778. The monoisotopic (exact) mass is 576 g/mol. The average molecular weight is 577 g/mol. The molecule has 3 fully saturated rings. The number of aliphatic hydroxyl groups excluding tert-OH is 1.